The summed E-state index contributed by atoms with van der Waals surface area (Å²) in [7, 11) is 0. The summed E-state index contributed by atoms with van der Waals surface area (Å²) < 4.78 is 5.67. The molecular weight excluding hydrogens is 324 g/mol. The predicted molar refractivity (Wildman–Crippen MR) is 105 cm³/mol. The van der Waals surface area contributed by atoms with E-state index < -0.39 is 0 Å². The third kappa shape index (κ3) is 3.74. The van der Waals surface area contributed by atoms with Crippen LogP contribution < -0.4 is 10.1 Å². The number of carbonyl (C=O) groups excluding carboxylic acids is 1. The highest BCUT2D eigenvalue weighted by atomic mass is 16.5. The SMILES string of the molecule is O=C(COc1ccc2c(c1)[nH]c1ccccc12)NCCC1=CCCCC1. The van der Waals surface area contributed by atoms with Crippen molar-refractivity contribution in [3.8, 4) is 5.75 Å². The van der Waals surface area contributed by atoms with Crippen LogP contribution in [0.1, 0.15) is 32.1 Å². The van der Waals surface area contributed by atoms with Crippen LogP contribution in [0.25, 0.3) is 21.8 Å². The van der Waals surface area contributed by atoms with Crippen molar-refractivity contribution >= 4 is 27.7 Å². The molecule has 0 unspecified atom stereocenters. The van der Waals surface area contributed by atoms with Crippen LogP contribution in [0.3, 0.4) is 0 Å². The summed E-state index contributed by atoms with van der Waals surface area (Å²) in [6.07, 6.45) is 8.21. The number of allylic oxidation sites excluding steroid dienone is 1. The summed E-state index contributed by atoms with van der Waals surface area (Å²) >= 11 is 0. The molecule has 134 valence electrons. The second kappa shape index (κ2) is 7.65. The molecule has 0 atom stereocenters. The molecule has 0 radical (unpaired) electrons. The third-order valence-corrected chi connectivity index (χ3v) is 5.00. The zero-order chi connectivity index (χ0) is 17.8. The lowest BCUT2D eigenvalue weighted by Gasteiger charge is -2.13. The standard InChI is InChI=1S/C22H24N2O2/c25-22(23-13-12-16-6-2-1-3-7-16)15-26-17-10-11-19-18-8-4-5-9-20(18)24-21(19)14-17/h4-6,8-11,14,24H,1-3,7,12-13,15H2,(H,23,25). The molecule has 0 saturated heterocycles. The van der Waals surface area contributed by atoms with Gasteiger partial charge in [-0.15, -0.1) is 0 Å². The molecule has 2 aromatic carbocycles. The number of carbonyl (C=O) groups is 1. The summed E-state index contributed by atoms with van der Waals surface area (Å²) in [5.41, 5.74) is 3.60. The molecule has 4 nitrogen and oxygen atoms in total. The van der Waals surface area contributed by atoms with Crippen LogP contribution in [-0.4, -0.2) is 24.0 Å². The number of para-hydroxylation sites is 1. The van der Waals surface area contributed by atoms with Gasteiger partial charge in [-0.3, -0.25) is 4.79 Å². The molecule has 0 fully saturated rings. The van der Waals surface area contributed by atoms with E-state index in [0.717, 1.165) is 22.8 Å². The Morgan fingerprint density at radius 1 is 1.08 bits per heavy atom. The smallest absolute Gasteiger partial charge is 0.257 e. The summed E-state index contributed by atoms with van der Waals surface area (Å²) in [6.45, 7) is 0.736. The number of ether oxygens (including phenoxy) is 1. The zero-order valence-corrected chi connectivity index (χ0v) is 14.9. The van der Waals surface area contributed by atoms with Crippen LogP contribution in [0.2, 0.25) is 0 Å². The first-order valence-corrected chi connectivity index (χ1v) is 9.37. The predicted octanol–water partition coefficient (Wildman–Crippen LogP) is 4.71. The van der Waals surface area contributed by atoms with Gasteiger partial charge < -0.3 is 15.0 Å². The first-order valence-electron chi connectivity index (χ1n) is 9.37. The highest BCUT2D eigenvalue weighted by Crippen LogP contribution is 2.28. The Morgan fingerprint density at radius 2 is 1.96 bits per heavy atom. The first-order chi connectivity index (χ1) is 12.8. The van der Waals surface area contributed by atoms with Crippen LogP contribution in [0.5, 0.6) is 5.75 Å². The van der Waals surface area contributed by atoms with Gasteiger partial charge in [-0.1, -0.05) is 29.8 Å². The molecule has 1 amide bonds. The van der Waals surface area contributed by atoms with Gasteiger partial charge in [0.05, 0.1) is 5.52 Å². The highest BCUT2D eigenvalue weighted by molar-refractivity contribution is 6.07. The molecule has 0 spiro atoms. The van der Waals surface area contributed by atoms with Crippen molar-refractivity contribution in [3.63, 3.8) is 0 Å². The van der Waals surface area contributed by atoms with E-state index in [0.29, 0.717) is 12.3 Å². The van der Waals surface area contributed by atoms with Crippen LogP contribution in [0.4, 0.5) is 0 Å². The summed E-state index contributed by atoms with van der Waals surface area (Å²) in [6, 6.07) is 14.1. The largest absolute Gasteiger partial charge is 0.484 e. The Balaban J connectivity index is 1.31. The summed E-state index contributed by atoms with van der Waals surface area (Å²) in [4.78, 5) is 15.4. The van der Waals surface area contributed by atoms with E-state index in [4.69, 9.17) is 4.74 Å². The Labute approximate surface area is 153 Å². The molecule has 0 bridgehead atoms. The van der Waals surface area contributed by atoms with Crippen molar-refractivity contribution in [2.24, 2.45) is 0 Å². The molecule has 1 aromatic heterocycles. The van der Waals surface area contributed by atoms with Crippen molar-refractivity contribution in [2.45, 2.75) is 32.1 Å². The maximum atomic E-state index is 12.0. The monoisotopic (exact) mass is 348 g/mol. The van der Waals surface area contributed by atoms with Gasteiger partial charge in [0.2, 0.25) is 0 Å². The molecular formula is C22H24N2O2. The number of hydrogen-bond acceptors (Lipinski definition) is 2. The number of hydrogen-bond donors (Lipinski definition) is 2. The van der Waals surface area contributed by atoms with Crippen molar-refractivity contribution in [3.05, 3.63) is 54.1 Å². The molecule has 2 N–H and O–H groups in total. The van der Waals surface area contributed by atoms with Crippen molar-refractivity contribution in [2.75, 3.05) is 13.2 Å². The molecule has 4 rings (SSSR count). The minimum absolute atomic E-state index is 0.0464. The van der Waals surface area contributed by atoms with Gasteiger partial charge in [-0.25, -0.2) is 0 Å². The van der Waals surface area contributed by atoms with E-state index in [-0.39, 0.29) is 12.5 Å². The lowest BCUT2D eigenvalue weighted by Crippen LogP contribution is -2.30. The number of amides is 1. The van der Waals surface area contributed by atoms with Gasteiger partial charge in [0.25, 0.3) is 5.91 Å². The molecule has 26 heavy (non-hydrogen) atoms. The second-order valence-electron chi connectivity index (χ2n) is 6.87. The maximum absolute atomic E-state index is 12.0. The van der Waals surface area contributed by atoms with E-state index in [1.54, 1.807) is 0 Å². The highest BCUT2D eigenvalue weighted by Gasteiger charge is 2.08. The molecule has 1 aliphatic carbocycles. The van der Waals surface area contributed by atoms with E-state index in [2.05, 4.69) is 28.5 Å². The topological polar surface area (TPSA) is 54.1 Å². The number of nitrogens with one attached hydrogen (secondary N) is 2. The van der Waals surface area contributed by atoms with Gasteiger partial charge in [-0.05, 0) is 50.3 Å². The van der Waals surface area contributed by atoms with E-state index in [1.165, 1.54) is 36.6 Å². The Kier molecular flexibility index (Phi) is 4.91. The van der Waals surface area contributed by atoms with E-state index in [9.17, 15) is 4.79 Å². The average molecular weight is 348 g/mol. The number of H-pyrrole nitrogens is 1. The molecule has 4 heteroatoms. The van der Waals surface area contributed by atoms with Crippen LogP contribution in [0.15, 0.2) is 54.1 Å². The fraction of sp³-hybridized carbons (Fsp3) is 0.318. The van der Waals surface area contributed by atoms with Crippen molar-refractivity contribution in [1.29, 1.82) is 0 Å². The van der Waals surface area contributed by atoms with Crippen molar-refractivity contribution < 1.29 is 9.53 Å². The molecule has 3 aromatic rings. The second-order valence-corrected chi connectivity index (χ2v) is 6.87. The number of aromatic amines is 1. The molecule has 1 aliphatic rings. The Bertz CT molecular complexity index is 955. The Morgan fingerprint density at radius 3 is 2.85 bits per heavy atom. The van der Waals surface area contributed by atoms with E-state index in [1.807, 2.05) is 30.3 Å². The van der Waals surface area contributed by atoms with Crippen LogP contribution in [-0.2, 0) is 4.79 Å². The van der Waals surface area contributed by atoms with E-state index >= 15 is 0 Å². The minimum Gasteiger partial charge on any atom is -0.484 e. The fourth-order valence-corrected chi connectivity index (χ4v) is 3.62. The molecule has 0 saturated carbocycles. The minimum atomic E-state index is -0.0712. The zero-order valence-electron chi connectivity index (χ0n) is 14.9. The van der Waals surface area contributed by atoms with Gasteiger partial charge in [0, 0.05) is 28.9 Å². The lowest BCUT2D eigenvalue weighted by atomic mass is 9.97. The third-order valence-electron chi connectivity index (χ3n) is 5.00. The number of aromatic nitrogens is 1. The average Bonchev–Trinajstić information content (AvgIpc) is 3.05. The van der Waals surface area contributed by atoms with Crippen molar-refractivity contribution in [1.82, 2.24) is 10.3 Å². The number of benzene rings is 2. The van der Waals surface area contributed by atoms with Gasteiger partial charge >= 0.3 is 0 Å². The lowest BCUT2D eigenvalue weighted by molar-refractivity contribution is -0.123. The first kappa shape index (κ1) is 16.7. The summed E-state index contributed by atoms with van der Waals surface area (Å²) in [5.74, 6) is 0.632. The van der Waals surface area contributed by atoms with Crippen LogP contribution >= 0.6 is 0 Å². The quantitative estimate of drug-likeness (QED) is 0.634. The normalized spacial score (nSPS) is 14.4. The van der Waals surface area contributed by atoms with Gasteiger partial charge in [0.1, 0.15) is 5.75 Å². The van der Waals surface area contributed by atoms with Crippen LogP contribution in [0, 0.1) is 0 Å². The summed E-state index contributed by atoms with van der Waals surface area (Å²) in [5, 5.41) is 5.31. The maximum Gasteiger partial charge on any atom is 0.257 e. The number of rotatable bonds is 6. The molecule has 1 heterocycles. The fourth-order valence-electron chi connectivity index (χ4n) is 3.62. The van der Waals surface area contributed by atoms with Gasteiger partial charge in [0.15, 0.2) is 6.61 Å². The number of fused-ring (bicyclic) bond motifs is 3. The van der Waals surface area contributed by atoms with Gasteiger partial charge in [-0.2, -0.15) is 0 Å². The molecule has 0 aliphatic heterocycles. The Hall–Kier alpha value is -2.75.